The van der Waals surface area contributed by atoms with Gasteiger partial charge in [-0.05, 0) is 30.5 Å². The molecule has 1 aromatic carbocycles. The lowest BCUT2D eigenvalue weighted by molar-refractivity contribution is -0.129. The van der Waals surface area contributed by atoms with Crippen LogP contribution in [0.3, 0.4) is 0 Å². The van der Waals surface area contributed by atoms with Gasteiger partial charge >= 0.3 is 0 Å². The largest absolute Gasteiger partial charge is 0.490 e. The second-order valence-electron chi connectivity index (χ2n) is 10.5. The third kappa shape index (κ3) is 4.93. The zero-order valence-electron chi connectivity index (χ0n) is 24.4. The molecule has 0 fully saturated rings. The molecule has 45 heavy (non-hydrogen) atoms. The van der Waals surface area contributed by atoms with E-state index in [1.165, 1.54) is 30.6 Å². The Balaban J connectivity index is 1.50. The highest BCUT2D eigenvalue weighted by Gasteiger charge is 2.31. The van der Waals surface area contributed by atoms with Crippen molar-refractivity contribution in [3.05, 3.63) is 84.5 Å². The number of carbonyl (C=O) groups is 1. The predicted molar refractivity (Wildman–Crippen MR) is 166 cm³/mol. The van der Waals surface area contributed by atoms with Crippen LogP contribution < -0.4 is 4.74 Å². The number of nitrogens with zero attached hydrogens (tertiary/aromatic N) is 7. The Morgan fingerprint density at radius 3 is 2.84 bits per heavy atom. The highest BCUT2D eigenvalue weighted by molar-refractivity contribution is 7.18. The fraction of sp³-hybridized carbons (Fsp3) is 0.219. The summed E-state index contributed by atoms with van der Waals surface area (Å²) in [6.07, 6.45) is 8.22. The molecule has 6 aromatic rings. The summed E-state index contributed by atoms with van der Waals surface area (Å²) in [4.78, 5) is 28.1. The van der Waals surface area contributed by atoms with Crippen LogP contribution in [0.1, 0.15) is 18.7 Å². The highest BCUT2D eigenvalue weighted by atomic mass is 32.1. The van der Waals surface area contributed by atoms with E-state index in [9.17, 15) is 9.18 Å². The first-order chi connectivity index (χ1) is 21.9. The number of benzene rings is 1. The lowest BCUT2D eigenvalue weighted by Crippen LogP contribution is -2.40. The zero-order chi connectivity index (χ0) is 31.2. The van der Waals surface area contributed by atoms with Crippen molar-refractivity contribution in [2.24, 2.45) is 0 Å². The third-order valence-corrected chi connectivity index (χ3v) is 8.85. The molecular weight excluding hydrogens is 600 g/mol. The monoisotopic (exact) mass is 627 g/mol. The topological polar surface area (TPSA) is 99.7 Å². The van der Waals surface area contributed by atoms with Gasteiger partial charge in [-0.1, -0.05) is 6.58 Å². The number of carbonyl (C=O) groups excluding carboxylic acids is 1. The lowest BCUT2D eigenvalue weighted by Gasteiger charge is -2.33. The Bertz CT molecular complexity index is 2100. The molecule has 1 unspecified atom stereocenters. The standard InChI is InChI=1S/C32H27F2N7O3S/c1-4-27(42)40-6-7-41-24(18(40)2)13-23(38-41)31-29(28-22(34)11-20(33)12-25(28)44-9-8-43-3)32-21(5-10-45-32)30(37-31)19-14-36-26-15-35-17-39(26)16-19/h4-5,10-18H,1,6-9H2,2-3H3. The van der Waals surface area contributed by atoms with E-state index in [1.54, 1.807) is 28.0 Å². The van der Waals surface area contributed by atoms with Crippen molar-refractivity contribution in [3.63, 3.8) is 0 Å². The second-order valence-corrected chi connectivity index (χ2v) is 11.5. The summed E-state index contributed by atoms with van der Waals surface area (Å²) in [5.41, 5.74) is 4.14. The van der Waals surface area contributed by atoms with Crippen LogP contribution >= 0.6 is 11.3 Å². The van der Waals surface area contributed by atoms with Crippen molar-refractivity contribution in [1.82, 2.24) is 34.0 Å². The highest BCUT2D eigenvalue weighted by Crippen LogP contribution is 2.47. The number of pyridine rings is 1. The van der Waals surface area contributed by atoms with Crippen LogP contribution in [0.2, 0.25) is 0 Å². The summed E-state index contributed by atoms with van der Waals surface area (Å²) in [7, 11) is 1.52. The van der Waals surface area contributed by atoms with Crippen molar-refractivity contribution < 1.29 is 23.0 Å². The Morgan fingerprint density at radius 1 is 1.16 bits per heavy atom. The minimum absolute atomic E-state index is 0.0247. The average molecular weight is 628 g/mol. The number of fused-ring (bicyclic) bond motifs is 3. The molecular formula is C32H27F2N7O3S. The van der Waals surface area contributed by atoms with Gasteiger partial charge in [-0.2, -0.15) is 5.10 Å². The number of amides is 1. The molecule has 0 spiro atoms. The van der Waals surface area contributed by atoms with Crippen LogP contribution in [0.15, 0.2) is 67.2 Å². The van der Waals surface area contributed by atoms with Gasteiger partial charge in [0, 0.05) is 59.4 Å². The molecule has 0 aliphatic carbocycles. The average Bonchev–Trinajstić information content (AvgIpc) is 3.80. The number of hydrogen-bond donors (Lipinski definition) is 0. The number of rotatable bonds is 8. The van der Waals surface area contributed by atoms with E-state index in [4.69, 9.17) is 19.6 Å². The van der Waals surface area contributed by atoms with Gasteiger partial charge in [0.1, 0.15) is 41.7 Å². The molecule has 0 saturated heterocycles. The Morgan fingerprint density at radius 2 is 2.02 bits per heavy atom. The predicted octanol–water partition coefficient (Wildman–Crippen LogP) is 5.93. The van der Waals surface area contributed by atoms with Crippen LogP contribution in [0.25, 0.3) is 49.5 Å². The van der Waals surface area contributed by atoms with Crippen molar-refractivity contribution >= 4 is 33.0 Å². The fourth-order valence-electron chi connectivity index (χ4n) is 5.78. The van der Waals surface area contributed by atoms with Gasteiger partial charge < -0.3 is 14.4 Å². The molecule has 1 atom stereocenters. The molecule has 13 heteroatoms. The van der Waals surface area contributed by atoms with Gasteiger partial charge in [-0.25, -0.2) is 23.7 Å². The molecule has 1 aliphatic heterocycles. The van der Waals surface area contributed by atoms with Crippen molar-refractivity contribution in [1.29, 1.82) is 0 Å². The van der Waals surface area contributed by atoms with E-state index in [-0.39, 0.29) is 36.5 Å². The maximum absolute atomic E-state index is 16.0. The van der Waals surface area contributed by atoms with Crippen LogP contribution in [0.5, 0.6) is 5.75 Å². The maximum atomic E-state index is 16.0. The Kier molecular flexibility index (Phi) is 7.34. The van der Waals surface area contributed by atoms with Gasteiger partial charge in [0.2, 0.25) is 5.91 Å². The quantitative estimate of drug-likeness (QED) is 0.152. The first-order valence-electron chi connectivity index (χ1n) is 14.2. The second kappa shape index (κ2) is 11.5. The van der Waals surface area contributed by atoms with E-state index < -0.39 is 11.6 Å². The number of thiophene rings is 1. The maximum Gasteiger partial charge on any atom is 0.246 e. The molecule has 228 valence electrons. The molecule has 7 rings (SSSR count). The molecule has 6 heterocycles. The van der Waals surface area contributed by atoms with Crippen LogP contribution in [-0.2, 0) is 16.1 Å². The van der Waals surface area contributed by atoms with Gasteiger partial charge in [0.15, 0.2) is 5.65 Å². The van der Waals surface area contributed by atoms with E-state index in [2.05, 4.69) is 16.5 Å². The van der Waals surface area contributed by atoms with Gasteiger partial charge in [0.05, 0.1) is 42.3 Å². The van der Waals surface area contributed by atoms with Crippen molar-refractivity contribution in [2.75, 3.05) is 26.9 Å². The first kappa shape index (κ1) is 28.7. The summed E-state index contributed by atoms with van der Waals surface area (Å²) in [6, 6.07) is 5.50. The van der Waals surface area contributed by atoms with Gasteiger partial charge in [-0.15, -0.1) is 11.3 Å². The SMILES string of the molecule is C=CC(=O)N1CCn2nc(-c3nc(-c4cnc5cncn5c4)c4ccsc4c3-c3c(F)cc(F)cc3OCCOC)cc2C1C. The molecule has 0 radical (unpaired) electrons. The number of imidazole rings is 1. The van der Waals surface area contributed by atoms with Crippen molar-refractivity contribution in [2.45, 2.75) is 19.5 Å². The molecule has 0 bridgehead atoms. The molecule has 1 aliphatic rings. The zero-order valence-corrected chi connectivity index (χ0v) is 25.2. The van der Waals surface area contributed by atoms with E-state index in [0.717, 1.165) is 17.1 Å². The van der Waals surface area contributed by atoms with E-state index in [0.29, 0.717) is 51.6 Å². The van der Waals surface area contributed by atoms with Crippen LogP contribution in [0, 0.1) is 11.6 Å². The molecule has 5 aromatic heterocycles. The lowest BCUT2D eigenvalue weighted by atomic mass is 9.96. The molecule has 10 nitrogen and oxygen atoms in total. The summed E-state index contributed by atoms with van der Waals surface area (Å²) in [5, 5.41) is 7.56. The number of hydrogen-bond acceptors (Lipinski definition) is 8. The first-order valence-corrected chi connectivity index (χ1v) is 15.1. The van der Waals surface area contributed by atoms with Crippen LogP contribution in [0.4, 0.5) is 8.78 Å². The summed E-state index contributed by atoms with van der Waals surface area (Å²) in [6.45, 7) is 6.79. The summed E-state index contributed by atoms with van der Waals surface area (Å²) < 4.78 is 45.9. The smallest absolute Gasteiger partial charge is 0.246 e. The van der Waals surface area contributed by atoms with Gasteiger partial charge in [-0.3, -0.25) is 13.9 Å². The number of halogens is 2. The summed E-state index contributed by atoms with van der Waals surface area (Å²) >= 11 is 1.41. The number of ether oxygens (including phenoxy) is 2. The van der Waals surface area contributed by atoms with Crippen LogP contribution in [-0.4, -0.2) is 66.8 Å². The number of methoxy groups -OCH3 is 1. The summed E-state index contributed by atoms with van der Waals surface area (Å²) in [5.74, 6) is -1.72. The minimum atomic E-state index is -0.797. The van der Waals surface area contributed by atoms with Crippen molar-refractivity contribution in [3.8, 4) is 39.5 Å². The third-order valence-electron chi connectivity index (χ3n) is 7.91. The molecule has 1 amide bonds. The van der Waals surface area contributed by atoms with E-state index >= 15 is 4.39 Å². The Labute approximate surface area is 260 Å². The molecule has 0 saturated carbocycles. The minimum Gasteiger partial charge on any atom is -0.490 e. The van der Waals surface area contributed by atoms with E-state index in [1.807, 2.05) is 35.3 Å². The Hall–Kier alpha value is -5.01. The number of aromatic nitrogens is 6. The fourth-order valence-corrected chi connectivity index (χ4v) is 6.73. The normalized spacial score (nSPS) is 14.7. The molecule has 0 N–H and O–H groups in total. The van der Waals surface area contributed by atoms with Gasteiger partial charge in [0.25, 0.3) is 0 Å².